The lowest BCUT2D eigenvalue weighted by molar-refractivity contribution is 0.0935. The molecule has 2 atom stereocenters. The molecule has 1 aromatic heterocycles. The molecule has 42 heavy (non-hydrogen) atoms. The van der Waals surface area contributed by atoms with Gasteiger partial charge in [-0.3, -0.25) is 9.35 Å². The summed E-state index contributed by atoms with van der Waals surface area (Å²) in [6.07, 6.45) is 5.51. The van der Waals surface area contributed by atoms with Gasteiger partial charge in [0, 0.05) is 27.6 Å². The zero-order valence-electron chi connectivity index (χ0n) is 22.6. The van der Waals surface area contributed by atoms with Crippen molar-refractivity contribution in [2.45, 2.75) is 17.9 Å². The number of allylic oxidation sites excluding steroid dienone is 1. The van der Waals surface area contributed by atoms with E-state index < -0.39 is 16.0 Å². The number of fused-ring (bicyclic) bond motifs is 5. The Balaban J connectivity index is 1.51. The summed E-state index contributed by atoms with van der Waals surface area (Å²) in [4.78, 5) is 16.6. The Morgan fingerprint density at radius 1 is 1.02 bits per heavy atom. The molecule has 1 amide bonds. The molecular weight excluding hydrogens is 556 g/mol. The van der Waals surface area contributed by atoms with Crippen LogP contribution in [0.5, 0.6) is 5.75 Å². The van der Waals surface area contributed by atoms with E-state index in [1.807, 2.05) is 55.5 Å². The lowest BCUT2D eigenvalue weighted by atomic mass is 9.95. The largest absolute Gasteiger partial charge is 0.505 e. The molecule has 0 saturated carbocycles. The molecule has 6 rings (SSSR count). The van der Waals surface area contributed by atoms with Crippen LogP contribution in [0.2, 0.25) is 0 Å². The summed E-state index contributed by atoms with van der Waals surface area (Å²) in [7, 11) is -2.89. The highest BCUT2D eigenvalue weighted by Gasteiger charge is 2.25. The van der Waals surface area contributed by atoms with E-state index in [0.717, 1.165) is 22.4 Å². The third kappa shape index (κ3) is 4.89. The van der Waals surface area contributed by atoms with Gasteiger partial charge in [-0.1, -0.05) is 49.4 Å². The molecule has 0 saturated heterocycles. The minimum Gasteiger partial charge on any atom is -0.505 e. The number of ether oxygens (including phenoxy) is 1. The van der Waals surface area contributed by atoms with Crippen LogP contribution in [-0.4, -0.2) is 42.1 Å². The van der Waals surface area contributed by atoms with Crippen LogP contribution in [0.15, 0.2) is 106 Å². The van der Waals surface area contributed by atoms with Gasteiger partial charge in [-0.2, -0.15) is 13.5 Å². The molecule has 2 unspecified atom stereocenters. The zero-order valence-corrected chi connectivity index (χ0v) is 23.4. The van der Waals surface area contributed by atoms with Gasteiger partial charge < -0.3 is 20.1 Å². The number of carbonyl (C=O) groups is 1. The number of rotatable bonds is 6. The number of aromatic hydroxyl groups is 1. The van der Waals surface area contributed by atoms with E-state index in [-0.39, 0.29) is 39.5 Å². The van der Waals surface area contributed by atoms with Crippen molar-refractivity contribution in [1.29, 1.82) is 0 Å². The minimum absolute atomic E-state index is 0.000663. The molecular formula is C31H26N4O6S. The minimum atomic E-state index is -4.46. The number of nitrogens with one attached hydrogen (secondary N) is 2. The third-order valence-corrected chi connectivity index (χ3v) is 8.20. The van der Waals surface area contributed by atoms with Crippen LogP contribution in [0.3, 0.4) is 0 Å². The number of azo groups is 1. The van der Waals surface area contributed by atoms with Crippen LogP contribution >= 0.6 is 0 Å². The molecule has 0 bridgehead atoms. The highest BCUT2D eigenvalue weighted by molar-refractivity contribution is 7.85. The summed E-state index contributed by atoms with van der Waals surface area (Å²) >= 11 is 0. The third-order valence-electron chi connectivity index (χ3n) is 7.35. The van der Waals surface area contributed by atoms with Crippen LogP contribution in [0.4, 0.5) is 11.4 Å². The fourth-order valence-corrected chi connectivity index (χ4v) is 5.72. The second-order valence-electron chi connectivity index (χ2n) is 10.0. The predicted octanol–water partition coefficient (Wildman–Crippen LogP) is 6.68. The normalized spacial score (nSPS) is 17.3. The van der Waals surface area contributed by atoms with Crippen molar-refractivity contribution in [3.63, 3.8) is 0 Å². The van der Waals surface area contributed by atoms with Crippen molar-refractivity contribution in [2.75, 3.05) is 7.11 Å². The summed E-state index contributed by atoms with van der Waals surface area (Å²) in [5, 5.41) is 26.0. The molecule has 0 spiro atoms. The van der Waals surface area contributed by atoms with E-state index in [9.17, 15) is 22.9 Å². The van der Waals surface area contributed by atoms with Gasteiger partial charge in [0.1, 0.15) is 11.4 Å². The quantitative estimate of drug-likeness (QED) is 0.129. The SMILES string of the molecule is COC1=CC(C)C(NC(=O)c2cc3ccc4c5ccccc5[nH]c4c3c(N=Nc3cccc(S(=O)(=O)O)c3)c2O)C=C1. The van der Waals surface area contributed by atoms with E-state index in [2.05, 4.69) is 20.5 Å². The topological polar surface area (TPSA) is 153 Å². The Morgan fingerprint density at radius 2 is 1.83 bits per heavy atom. The number of aromatic amines is 1. The monoisotopic (exact) mass is 582 g/mol. The summed E-state index contributed by atoms with van der Waals surface area (Å²) in [6.45, 7) is 1.95. The van der Waals surface area contributed by atoms with Gasteiger partial charge in [-0.05, 0) is 47.9 Å². The summed E-state index contributed by atoms with van der Waals surface area (Å²) in [5.41, 5.74) is 1.73. The highest BCUT2D eigenvalue weighted by atomic mass is 32.2. The van der Waals surface area contributed by atoms with Gasteiger partial charge in [0.25, 0.3) is 16.0 Å². The molecule has 0 radical (unpaired) electrons. The predicted molar refractivity (Wildman–Crippen MR) is 160 cm³/mol. The van der Waals surface area contributed by atoms with Gasteiger partial charge in [0.05, 0.1) is 34.8 Å². The Hall–Kier alpha value is -5.00. The number of phenols is 1. The molecule has 1 aliphatic carbocycles. The number of benzene rings is 4. The summed E-state index contributed by atoms with van der Waals surface area (Å²) < 4.78 is 38.0. The van der Waals surface area contributed by atoms with Gasteiger partial charge in [0.15, 0.2) is 5.75 Å². The Bertz CT molecular complexity index is 2100. The van der Waals surface area contributed by atoms with Crippen LogP contribution in [0, 0.1) is 5.92 Å². The molecule has 0 fully saturated rings. The van der Waals surface area contributed by atoms with Crippen molar-refractivity contribution in [1.82, 2.24) is 10.3 Å². The maximum absolute atomic E-state index is 13.5. The second-order valence-corrected chi connectivity index (χ2v) is 11.5. The zero-order chi connectivity index (χ0) is 29.6. The first-order chi connectivity index (χ1) is 20.1. The lowest BCUT2D eigenvalue weighted by Gasteiger charge is -2.24. The number of phenolic OH excluding ortho intramolecular Hbond substituents is 1. The number of carbonyl (C=O) groups excluding carboxylic acids is 1. The van der Waals surface area contributed by atoms with Crippen molar-refractivity contribution in [3.05, 3.63) is 96.3 Å². The van der Waals surface area contributed by atoms with E-state index >= 15 is 0 Å². The van der Waals surface area contributed by atoms with Gasteiger partial charge in [-0.25, -0.2) is 0 Å². The molecule has 5 aromatic rings. The van der Waals surface area contributed by atoms with Crippen LogP contribution < -0.4 is 5.32 Å². The number of hydrogen-bond donors (Lipinski definition) is 4. The number of amides is 1. The number of nitrogens with zero attached hydrogens (tertiary/aromatic N) is 2. The second kappa shape index (κ2) is 10.4. The maximum atomic E-state index is 13.5. The molecule has 4 N–H and O–H groups in total. The van der Waals surface area contributed by atoms with Gasteiger partial charge in [0.2, 0.25) is 0 Å². The first-order valence-corrected chi connectivity index (χ1v) is 14.5. The van der Waals surface area contributed by atoms with Crippen LogP contribution in [0.1, 0.15) is 17.3 Å². The van der Waals surface area contributed by atoms with E-state index in [4.69, 9.17) is 4.74 Å². The smallest absolute Gasteiger partial charge is 0.294 e. The highest BCUT2D eigenvalue weighted by Crippen LogP contribution is 2.44. The average Bonchev–Trinajstić information content (AvgIpc) is 3.36. The van der Waals surface area contributed by atoms with Crippen molar-refractivity contribution < 1.29 is 27.6 Å². The number of H-pyrrole nitrogens is 1. The number of para-hydroxylation sites is 1. The van der Waals surface area contributed by atoms with Crippen LogP contribution in [-0.2, 0) is 14.9 Å². The maximum Gasteiger partial charge on any atom is 0.294 e. The Kier molecular flexibility index (Phi) is 6.76. The first-order valence-electron chi connectivity index (χ1n) is 13.1. The number of hydrogen-bond acceptors (Lipinski definition) is 7. The standard InChI is InChI=1S/C31H26N4O6S/c1-17-14-20(41-2)11-13-25(17)33-31(37)24-15-18-10-12-23-22-8-3-4-9-26(22)32-28(23)27(18)29(30(24)36)35-34-19-6-5-7-21(16-19)42(38,39)40/h3-17,25,32,36H,1-2H3,(H,33,37)(H,38,39,40). The Labute approximate surface area is 240 Å². The Morgan fingerprint density at radius 3 is 2.60 bits per heavy atom. The first kappa shape index (κ1) is 27.2. The van der Waals surface area contributed by atoms with Crippen molar-refractivity contribution in [3.8, 4) is 5.75 Å². The molecule has 4 aromatic carbocycles. The average molecular weight is 583 g/mol. The summed E-state index contributed by atoms with van der Waals surface area (Å²) in [5.74, 6) is -0.255. The van der Waals surface area contributed by atoms with E-state index in [0.29, 0.717) is 22.0 Å². The fourth-order valence-electron chi connectivity index (χ4n) is 5.20. The molecule has 1 heterocycles. The molecule has 10 nitrogen and oxygen atoms in total. The van der Waals surface area contributed by atoms with Crippen molar-refractivity contribution >= 4 is 60.0 Å². The van der Waals surface area contributed by atoms with Crippen molar-refractivity contribution in [2.24, 2.45) is 16.1 Å². The molecule has 212 valence electrons. The van der Waals surface area contributed by atoms with Crippen LogP contribution in [0.25, 0.3) is 32.6 Å². The van der Waals surface area contributed by atoms with Gasteiger partial charge in [-0.15, -0.1) is 5.11 Å². The van der Waals surface area contributed by atoms with E-state index in [1.165, 1.54) is 18.2 Å². The molecule has 0 aliphatic heterocycles. The lowest BCUT2D eigenvalue weighted by Crippen LogP contribution is -2.38. The molecule has 11 heteroatoms. The fraction of sp³-hybridized carbons (Fsp3) is 0.129. The number of methoxy groups -OCH3 is 1. The number of aromatic nitrogens is 1. The summed E-state index contributed by atoms with van der Waals surface area (Å²) in [6, 6.07) is 18.1. The molecule has 1 aliphatic rings. The van der Waals surface area contributed by atoms with Gasteiger partial charge >= 0.3 is 0 Å². The van der Waals surface area contributed by atoms with E-state index in [1.54, 1.807) is 19.3 Å².